The maximum absolute atomic E-state index is 13.1. The van der Waals surface area contributed by atoms with Crippen LogP contribution < -0.4 is 14.8 Å². The molecule has 0 aromatic heterocycles. The minimum atomic E-state index is -0.535. The molecule has 0 spiro atoms. The van der Waals surface area contributed by atoms with E-state index in [0.717, 1.165) is 16.3 Å². The minimum Gasteiger partial charge on any atom is -0.490 e. The van der Waals surface area contributed by atoms with Crippen molar-refractivity contribution in [1.82, 2.24) is 0 Å². The van der Waals surface area contributed by atoms with Gasteiger partial charge in [-0.2, -0.15) is 5.26 Å². The smallest absolute Gasteiger partial charge is 0.344 e. The van der Waals surface area contributed by atoms with Crippen LogP contribution in [-0.4, -0.2) is 18.5 Å². The van der Waals surface area contributed by atoms with E-state index in [2.05, 4.69) is 21.2 Å². The van der Waals surface area contributed by atoms with Crippen molar-refractivity contribution in [1.29, 1.82) is 5.26 Å². The quantitative estimate of drug-likeness (QED) is 0.114. The van der Waals surface area contributed by atoms with Crippen molar-refractivity contribution in [3.05, 3.63) is 106 Å². The second-order valence-corrected chi connectivity index (χ2v) is 9.02. The van der Waals surface area contributed by atoms with Gasteiger partial charge in [0.05, 0.1) is 16.6 Å². The van der Waals surface area contributed by atoms with E-state index >= 15 is 0 Å². The number of esters is 1. The molecule has 0 aliphatic carbocycles. The first-order valence-corrected chi connectivity index (χ1v) is 12.3. The Balaban J connectivity index is 1.63. The second kappa shape index (κ2) is 11.5. The number of nitrogens with zero attached hydrogens (tertiary/aromatic N) is 1. The van der Waals surface area contributed by atoms with Gasteiger partial charge in [0.15, 0.2) is 11.5 Å². The third-order valence-corrected chi connectivity index (χ3v) is 6.11. The van der Waals surface area contributed by atoms with E-state index in [-0.39, 0.29) is 11.3 Å². The number of nitriles is 1. The number of rotatable bonds is 7. The Hall–Kier alpha value is -4.41. The Morgan fingerprint density at radius 1 is 1.03 bits per heavy atom. The van der Waals surface area contributed by atoms with E-state index in [1.54, 1.807) is 36.4 Å². The lowest BCUT2D eigenvalue weighted by Crippen LogP contribution is -2.13. The molecule has 0 aliphatic rings. The lowest BCUT2D eigenvalue weighted by Gasteiger charge is -2.14. The number of anilines is 1. The fourth-order valence-corrected chi connectivity index (χ4v) is 4.28. The summed E-state index contributed by atoms with van der Waals surface area (Å²) in [6, 6.07) is 25.5. The van der Waals surface area contributed by atoms with Crippen molar-refractivity contribution in [2.45, 2.75) is 13.8 Å². The molecule has 0 fully saturated rings. The van der Waals surface area contributed by atoms with Crippen LogP contribution in [0.15, 0.2) is 88.9 Å². The molecule has 7 heteroatoms. The normalized spacial score (nSPS) is 11.0. The summed E-state index contributed by atoms with van der Waals surface area (Å²) in [5.41, 5.74) is 2.51. The molecule has 0 saturated carbocycles. The number of fused-ring (bicyclic) bond motifs is 1. The molecule has 4 aromatic carbocycles. The summed E-state index contributed by atoms with van der Waals surface area (Å²) < 4.78 is 12.0. The summed E-state index contributed by atoms with van der Waals surface area (Å²) in [5, 5.41) is 14.0. The lowest BCUT2D eigenvalue weighted by molar-refractivity contribution is -0.112. The highest BCUT2D eigenvalue weighted by Gasteiger charge is 2.19. The SMILES string of the molecule is CCOc1cc(/C=C(\C#N)C(=O)Nc2ccc(C)cc2)cc(Br)c1OC(=O)c1cccc2ccccc12. The zero-order chi connectivity index (χ0) is 26.4. The van der Waals surface area contributed by atoms with Crippen molar-refractivity contribution >= 4 is 50.3 Å². The number of aryl methyl sites for hydroxylation is 1. The monoisotopic (exact) mass is 554 g/mol. The molecule has 6 nitrogen and oxygen atoms in total. The predicted octanol–water partition coefficient (Wildman–Crippen LogP) is 7.07. The number of benzene rings is 4. The van der Waals surface area contributed by atoms with Gasteiger partial charge < -0.3 is 14.8 Å². The molecule has 37 heavy (non-hydrogen) atoms. The van der Waals surface area contributed by atoms with Crippen molar-refractivity contribution in [2.75, 3.05) is 11.9 Å². The van der Waals surface area contributed by atoms with Crippen LogP contribution in [0, 0.1) is 18.3 Å². The second-order valence-electron chi connectivity index (χ2n) is 8.17. The summed E-state index contributed by atoms with van der Waals surface area (Å²) in [6.45, 7) is 4.07. The van der Waals surface area contributed by atoms with Crippen molar-refractivity contribution in [3.8, 4) is 17.6 Å². The predicted molar refractivity (Wildman–Crippen MR) is 148 cm³/mol. The van der Waals surface area contributed by atoms with E-state index in [1.165, 1.54) is 6.08 Å². The van der Waals surface area contributed by atoms with Gasteiger partial charge >= 0.3 is 5.97 Å². The average molecular weight is 555 g/mol. The number of carbonyl (C=O) groups excluding carboxylic acids is 2. The zero-order valence-electron chi connectivity index (χ0n) is 20.2. The van der Waals surface area contributed by atoms with E-state index in [4.69, 9.17) is 9.47 Å². The summed E-state index contributed by atoms with van der Waals surface area (Å²) >= 11 is 3.46. The third kappa shape index (κ3) is 6.05. The first-order valence-electron chi connectivity index (χ1n) is 11.6. The molecule has 0 aliphatic heterocycles. The van der Waals surface area contributed by atoms with E-state index in [0.29, 0.717) is 33.6 Å². The van der Waals surface area contributed by atoms with Gasteiger partial charge in [0.25, 0.3) is 5.91 Å². The molecular weight excluding hydrogens is 532 g/mol. The van der Waals surface area contributed by atoms with Gasteiger partial charge in [-0.1, -0.05) is 54.1 Å². The number of nitrogens with one attached hydrogen (secondary N) is 1. The van der Waals surface area contributed by atoms with E-state index in [1.807, 2.05) is 62.4 Å². The standard InChI is InChI=1S/C30H23BrN2O4/c1-3-36-27-17-20(15-22(18-32)29(34)33-23-13-11-19(2)12-14-23)16-26(31)28(27)37-30(35)25-10-6-8-21-7-4-5-9-24(21)25/h4-17H,3H2,1-2H3,(H,33,34)/b22-15+. The van der Waals surface area contributed by atoms with Crippen LogP contribution in [0.3, 0.4) is 0 Å². The van der Waals surface area contributed by atoms with Crippen LogP contribution in [0.5, 0.6) is 11.5 Å². The highest BCUT2D eigenvalue weighted by molar-refractivity contribution is 9.10. The Bertz CT molecular complexity index is 1550. The first kappa shape index (κ1) is 25.7. The molecular formula is C30H23BrN2O4. The molecule has 0 radical (unpaired) electrons. The molecule has 0 bridgehead atoms. The molecule has 4 rings (SSSR count). The van der Waals surface area contributed by atoms with Crippen molar-refractivity contribution < 1.29 is 19.1 Å². The van der Waals surface area contributed by atoms with E-state index in [9.17, 15) is 14.9 Å². The van der Waals surface area contributed by atoms with E-state index < -0.39 is 11.9 Å². The number of hydrogen-bond donors (Lipinski definition) is 1. The molecule has 4 aromatic rings. The fourth-order valence-electron chi connectivity index (χ4n) is 3.73. The maximum Gasteiger partial charge on any atom is 0.344 e. The Labute approximate surface area is 223 Å². The van der Waals surface area contributed by atoms with Crippen LogP contribution >= 0.6 is 15.9 Å². The van der Waals surface area contributed by atoms with Crippen LogP contribution in [-0.2, 0) is 4.79 Å². The van der Waals surface area contributed by atoms with Crippen molar-refractivity contribution in [2.24, 2.45) is 0 Å². The molecule has 0 unspecified atom stereocenters. The number of hydrogen-bond acceptors (Lipinski definition) is 5. The van der Waals surface area contributed by atoms with Gasteiger partial charge in [0, 0.05) is 5.69 Å². The highest BCUT2D eigenvalue weighted by atomic mass is 79.9. The Morgan fingerprint density at radius 3 is 2.49 bits per heavy atom. The molecule has 1 amide bonds. The van der Waals surface area contributed by atoms with Gasteiger partial charge in [-0.25, -0.2) is 4.79 Å². The Kier molecular flexibility index (Phi) is 8.02. The number of ether oxygens (including phenoxy) is 2. The van der Waals surface area contributed by atoms with Gasteiger partial charge in [0.1, 0.15) is 11.6 Å². The maximum atomic E-state index is 13.1. The molecule has 0 atom stereocenters. The number of amides is 1. The van der Waals surface area contributed by atoms with Gasteiger partial charge in [0.2, 0.25) is 0 Å². The number of halogens is 1. The molecule has 1 N–H and O–H groups in total. The first-order chi connectivity index (χ1) is 17.9. The van der Waals surface area contributed by atoms with Gasteiger partial charge in [-0.05, 0) is 82.5 Å². The van der Waals surface area contributed by atoms with Crippen LogP contribution in [0.1, 0.15) is 28.4 Å². The topological polar surface area (TPSA) is 88.4 Å². The van der Waals surface area contributed by atoms with Crippen LogP contribution in [0.4, 0.5) is 5.69 Å². The summed E-state index contributed by atoms with van der Waals surface area (Å²) in [4.78, 5) is 25.8. The van der Waals surface area contributed by atoms with Gasteiger partial charge in [-0.15, -0.1) is 0 Å². The largest absolute Gasteiger partial charge is 0.490 e. The highest BCUT2D eigenvalue weighted by Crippen LogP contribution is 2.38. The zero-order valence-corrected chi connectivity index (χ0v) is 21.8. The molecule has 184 valence electrons. The average Bonchev–Trinajstić information content (AvgIpc) is 2.90. The van der Waals surface area contributed by atoms with Gasteiger partial charge in [-0.3, -0.25) is 4.79 Å². The van der Waals surface area contributed by atoms with Crippen LogP contribution in [0.2, 0.25) is 0 Å². The minimum absolute atomic E-state index is 0.0876. The summed E-state index contributed by atoms with van der Waals surface area (Å²) in [6.07, 6.45) is 1.45. The molecule has 0 heterocycles. The van der Waals surface area contributed by atoms with Crippen LogP contribution in [0.25, 0.3) is 16.8 Å². The summed E-state index contributed by atoms with van der Waals surface area (Å²) in [5.74, 6) is -0.559. The third-order valence-electron chi connectivity index (χ3n) is 5.52. The molecule has 0 saturated heterocycles. The van der Waals surface area contributed by atoms with Crippen molar-refractivity contribution in [3.63, 3.8) is 0 Å². The summed E-state index contributed by atoms with van der Waals surface area (Å²) in [7, 11) is 0. The Morgan fingerprint density at radius 2 is 1.76 bits per heavy atom. The fraction of sp³-hybridized carbons (Fsp3) is 0.100. The lowest BCUT2D eigenvalue weighted by atomic mass is 10.0. The number of carbonyl (C=O) groups is 2.